The lowest BCUT2D eigenvalue weighted by atomic mass is 10.1. The number of H-pyrrole nitrogens is 1. The van der Waals surface area contributed by atoms with Gasteiger partial charge in [-0.2, -0.15) is 0 Å². The third-order valence-electron chi connectivity index (χ3n) is 4.70. The number of nitrogens with one attached hydrogen (secondary N) is 1. The van der Waals surface area contributed by atoms with Crippen molar-refractivity contribution in [2.45, 2.75) is 27.3 Å². The Morgan fingerprint density at radius 1 is 1.04 bits per heavy atom. The molecule has 27 heavy (non-hydrogen) atoms. The molecule has 3 rings (SSSR count). The third kappa shape index (κ3) is 4.31. The Hall–Kier alpha value is -2.80. The number of aromatic nitrogens is 4. The number of imidazole rings is 1. The van der Waals surface area contributed by atoms with Crippen molar-refractivity contribution in [3.8, 4) is 0 Å². The summed E-state index contributed by atoms with van der Waals surface area (Å²) >= 11 is 0. The van der Waals surface area contributed by atoms with Crippen LogP contribution in [0.25, 0.3) is 11.0 Å². The number of aromatic amines is 1. The number of carbonyl (C=O) groups excluding carboxylic acids is 1. The first-order chi connectivity index (χ1) is 12.8. The average molecular weight is 366 g/mol. The zero-order chi connectivity index (χ0) is 19.6. The minimum atomic E-state index is -0.0267. The van der Waals surface area contributed by atoms with Gasteiger partial charge in [-0.25, -0.2) is 15.0 Å². The van der Waals surface area contributed by atoms with Gasteiger partial charge >= 0.3 is 0 Å². The molecule has 142 valence electrons. The molecule has 3 aromatic rings. The molecule has 0 spiro atoms. The highest BCUT2D eigenvalue weighted by Crippen LogP contribution is 2.17. The molecule has 0 aliphatic rings. The highest BCUT2D eigenvalue weighted by Gasteiger charge is 2.19. The van der Waals surface area contributed by atoms with Crippen LogP contribution in [-0.4, -0.2) is 62.8 Å². The summed E-state index contributed by atoms with van der Waals surface area (Å²) in [4.78, 5) is 33.7. The first-order valence-electron chi connectivity index (χ1n) is 9.03. The number of nitrogens with zero attached hydrogens (tertiary/aromatic N) is 5. The molecule has 0 saturated heterocycles. The zero-order valence-corrected chi connectivity index (χ0v) is 16.6. The van der Waals surface area contributed by atoms with Crippen LogP contribution in [0.3, 0.4) is 0 Å². The maximum Gasteiger partial charge on any atom is 0.254 e. The summed E-state index contributed by atoms with van der Waals surface area (Å²) < 4.78 is 0. The Morgan fingerprint density at radius 3 is 2.37 bits per heavy atom. The number of likely N-dealkylation sites (N-methyl/N-ethyl adjacent to an activating group) is 1. The smallest absolute Gasteiger partial charge is 0.254 e. The van der Waals surface area contributed by atoms with Gasteiger partial charge in [0.05, 0.1) is 41.0 Å². The SMILES string of the molecule is Cc1nc2ccc(C(=O)N(CCN(C)C)Cc3nc[nH]c3C)cc2nc1C. The minimum absolute atomic E-state index is 0.0267. The Kier molecular flexibility index (Phi) is 5.51. The van der Waals surface area contributed by atoms with Gasteiger partial charge in [-0.3, -0.25) is 4.79 Å². The fourth-order valence-corrected chi connectivity index (χ4v) is 2.85. The van der Waals surface area contributed by atoms with Crippen LogP contribution in [-0.2, 0) is 6.54 Å². The van der Waals surface area contributed by atoms with Crippen molar-refractivity contribution in [3.05, 3.63) is 52.9 Å². The van der Waals surface area contributed by atoms with Gasteiger partial charge in [0.1, 0.15) is 0 Å². The molecule has 0 aliphatic heterocycles. The largest absolute Gasteiger partial charge is 0.348 e. The van der Waals surface area contributed by atoms with Gasteiger partial charge in [0.2, 0.25) is 0 Å². The van der Waals surface area contributed by atoms with Crippen molar-refractivity contribution in [2.24, 2.45) is 0 Å². The average Bonchev–Trinajstić information content (AvgIpc) is 3.03. The lowest BCUT2D eigenvalue weighted by Gasteiger charge is -2.24. The molecule has 0 radical (unpaired) electrons. The van der Waals surface area contributed by atoms with Crippen molar-refractivity contribution in [1.29, 1.82) is 0 Å². The predicted octanol–water partition coefficient (Wildman–Crippen LogP) is 2.48. The lowest BCUT2D eigenvalue weighted by Crippen LogP contribution is -2.36. The highest BCUT2D eigenvalue weighted by molar-refractivity contribution is 5.97. The van der Waals surface area contributed by atoms with E-state index in [0.717, 1.165) is 40.4 Å². The van der Waals surface area contributed by atoms with Crippen LogP contribution in [0.15, 0.2) is 24.5 Å². The second-order valence-electron chi connectivity index (χ2n) is 7.10. The van der Waals surface area contributed by atoms with E-state index in [1.54, 1.807) is 6.33 Å². The highest BCUT2D eigenvalue weighted by atomic mass is 16.2. The molecule has 1 aromatic carbocycles. The quantitative estimate of drug-likeness (QED) is 0.725. The molecule has 0 bridgehead atoms. The Balaban J connectivity index is 1.91. The summed E-state index contributed by atoms with van der Waals surface area (Å²) in [5.74, 6) is -0.0267. The summed E-state index contributed by atoms with van der Waals surface area (Å²) in [5.41, 5.74) is 5.81. The van der Waals surface area contributed by atoms with Crippen LogP contribution in [0.2, 0.25) is 0 Å². The van der Waals surface area contributed by atoms with Crippen molar-refractivity contribution in [2.75, 3.05) is 27.2 Å². The van der Waals surface area contributed by atoms with Crippen LogP contribution in [0.4, 0.5) is 0 Å². The van der Waals surface area contributed by atoms with Crippen LogP contribution in [0, 0.1) is 20.8 Å². The minimum Gasteiger partial charge on any atom is -0.348 e. The summed E-state index contributed by atoms with van der Waals surface area (Å²) in [7, 11) is 4.00. The molecule has 0 unspecified atom stereocenters. The number of rotatable bonds is 6. The third-order valence-corrected chi connectivity index (χ3v) is 4.70. The van der Waals surface area contributed by atoms with Gasteiger partial charge in [0.25, 0.3) is 5.91 Å². The summed E-state index contributed by atoms with van der Waals surface area (Å²) in [5, 5.41) is 0. The number of benzene rings is 1. The second kappa shape index (κ2) is 7.84. The van der Waals surface area contributed by atoms with Crippen molar-refractivity contribution >= 4 is 16.9 Å². The van der Waals surface area contributed by atoms with Crippen molar-refractivity contribution < 1.29 is 4.79 Å². The van der Waals surface area contributed by atoms with E-state index in [1.165, 1.54) is 0 Å². The van der Waals surface area contributed by atoms with Gasteiger partial charge in [0.15, 0.2) is 0 Å². The first-order valence-corrected chi connectivity index (χ1v) is 9.03. The molecule has 2 heterocycles. The predicted molar refractivity (Wildman–Crippen MR) is 106 cm³/mol. The molecule has 0 atom stereocenters. The van der Waals surface area contributed by atoms with Crippen LogP contribution in [0.1, 0.15) is 33.1 Å². The number of carbonyl (C=O) groups is 1. The van der Waals surface area contributed by atoms with Gasteiger partial charge in [-0.15, -0.1) is 0 Å². The molecule has 0 fully saturated rings. The van der Waals surface area contributed by atoms with Gasteiger partial charge in [-0.05, 0) is 53.1 Å². The van der Waals surface area contributed by atoms with E-state index in [0.29, 0.717) is 18.7 Å². The lowest BCUT2D eigenvalue weighted by molar-refractivity contribution is 0.0730. The van der Waals surface area contributed by atoms with Crippen LogP contribution >= 0.6 is 0 Å². The number of amides is 1. The first kappa shape index (κ1) is 19.0. The maximum absolute atomic E-state index is 13.2. The van der Waals surface area contributed by atoms with E-state index in [1.807, 2.05) is 58.0 Å². The molecular weight excluding hydrogens is 340 g/mol. The molecule has 0 aliphatic carbocycles. The summed E-state index contributed by atoms with van der Waals surface area (Å²) in [6.45, 7) is 7.71. The van der Waals surface area contributed by atoms with Gasteiger partial charge < -0.3 is 14.8 Å². The van der Waals surface area contributed by atoms with Crippen LogP contribution < -0.4 is 0 Å². The topological polar surface area (TPSA) is 78.0 Å². The van der Waals surface area contributed by atoms with Crippen molar-refractivity contribution in [3.63, 3.8) is 0 Å². The Morgan fingerprint density at radius 2 is 1.74 bits per heavy atom. The van der Waals surface area contributed by atoms with E-state index >= 15 is 0 Å². The number of aryl methyl sites for hydroxylation is 3. The van der Waals surface area contributed by atoms with E-state index in [2.05, 4.69) is 24.8 Å². The molecule has 0 saturated carbocycles. The Labute approximate surface area is 159 Å². The monoisotopic (exact) mass is 366 g/mol. The van der Waals surface area contributed by atoms with E-state index < -0.39 is 0 Å². The zero-order valence-electron chi connectivity index (χ0n) is 16.6. The fourth-order valence-electron chi connectivity index (χ4n) is 2.85. The number of hydrogen-bond donors (Lipinski definition) is 1. The fraction of sp³-hybridized carbons (Fsp3) is 0.400. The maximum atomic E-state index is 13.2. The molecule has 1 N–H and O–H groups in total. The summed E-state index contributed by atoms with van der Waals surface area (Å²) in [6.07, 6.45) is 1.66. The standard InChI is InChI=1S/C20H26N6O/c1-13-14(2)24-18-10-16(6-7-17(18)23-13)20(27)26(9-8-25(4)5)11-19-15(3)21-12-22-19/h6-7,10,12H,8-9,11H2,1-5H3,(H,21,22). The summed E-state index contributed by atoms with van der Waals surface area (Å²) in [6, 6.07) is 5.53. The van der Waals surface area contributed by atoms with E-state index in [9.17, 15) is 4.79 Å². The Bertz CT molecular complexity index is 962. The van der Waals surface area contributed by atoms with Crippen LogP contribution in [0.5, 0.6) is 0 Å². The normalized spacial score (nSPS) is 11.3. The number of hydrogen-bond acceptors (Lipinski definition) is 5. The van der Waals surface area contributed by atoms with Gasteiger partial charge in [0, 0.05) is 24.3 Å². The van der Waals surface area contributed by atoms with E-state index in [-0.39, 0.29) is 5.91 Å². The van der Waals surface area contributed by atoms with Gasteiger partial charge in [-0.1, -0.05) is 0 Å². The van der Waals surface area contributed by atoms with E-state index in [4.69, 9.17) is 0 Å². The molecular formula is C20H26N6O. The van der Waals surface area contributed by atoms with Crippen molar-refractivity contribution in [1.82, 2.24) is 29.7 Å². The molecule has 7 heteroatoms. The second-order valence-corrected chi connectivity index (χ2v) is 7.10. The molecule has 2 aromatic heterocycles. The molecule has 1 amide bonds. The molecule has 7 nitrogen and oxygen atoms in total. The number of fused-ring (bicyclic) bond motifs is 1.